The maximum Gasteiger partial charge on any atom is 0.230 e. The lowest BCUT2D eigenvalue weighted by Crippen LogP contribution is -2.24. The molecule has 0 radical (unpaired) electrons. The van der Waals surface area contributed by atoms with Crippen LogP contribution in [0.15, 0.2) is 60.0 Å². The summed E-state index contributed by atoms with van der Waals surface area (Å²) in [5.74, 6) is 0.227. The van der Waals surface area contributed by atoms with Gasteiger partial charge in [0.05, 0.1) is 11.4 Å². The van der Waals surface area contributed by atoms with Gasteiger partial charge in [-0.2, -0.15) is 0 Å². The molecule has 0 aliphatic carbocycles. The number of amides is 1. The van der Waals surface area contributed by atoms with Gasteiger partial charge in [0.2, 0.25) is 5.91 Å². The summed E-state index contributed by atoms with van der Waals surface area (Å²) in [5.41, 5.74) is 3.21. The van der Waals surface area contributed by atoms with Crippen molar-refractivity contribution in [2.75, 3.05) is 23.7 Å². The fraction of sp³-hybridized carbons (Fsp3) is 0.286. The van der Waals surface area contributed by atoms with Crippen molar-refractivity contribution in [3.05, 3.63) is 65.4 Å². The summed E-state index contributed by atoms with van der Waals surface area (Å²) < 4.78 is 1.82. The van der Waals surface area contributed by atoms with Gasteiger partial charge in [0.25, 0.3) is 0 Å². The Morgan fingerprint density at radius 2 is 1.90 bits per heavy atom. The van der Waals surface area contributed by atoms with Gasteiger partial charge in [-0.3, -0.25) is 9.36 Å². The van der Waals surface area contributed by atoms with Crippen LogP contribution in [-0.4, -0.2) is 39.5 Å². The number of hydrogen-bond donors (Lipinski definition) is 1. The van der Waals surface area contributed by atoms with Crippen LogP contribution in [0.5, 0.6) is 0 Å². The maximum absolute atomic E-state index is 12.3. The number of anilines is 1. The van der Waals surface area contributed by atoms with E-state index < -0.39 is 0 Å². The predicted octanol–water partition coefficient (Wildman–Crippen LogP) is 3.93. The summed E-state index contributed by atoms with van der Waals surface area (Å²) in [4.78, 5) is 14.7. The van der Waals surface area contributed by atoms with Gasteiger partial charge in [-0.15, -0.1) is 10.2 Å². The monoisotopic (exact) mass is 427 g/mol. The number of carbonyl (C=O) groups is 1. The molecule has 2 aromatic carbocycles. The summed E-state index contributed by atoms with van der Waals surface area (Å²) in [5, 5.41) is 12.3. The van der Waals surface area contributed by atoms with Crippen molar-refractivity contribution in [2.24, 2.45) is 0 Å². The molecule has 0 unspecified atom stereocenters. The highest BCUT2D eigenvalue weighted by Gasteiger charge is 2.13. The lowest BCUT2D eigenvalue weighted by molar-refractivity contribution is -0.118. The SMILES string of the molecule is O=C(CSc1nncn1-c1cccc(Cl)c1)NCc1ccc(N2CCCC2)cc1. The number of carbonyl (C=O) groups excluding carboxylic acids is 1. The zero-order valence-corrected chi connectivity index (χ0v) is 17.5. The number of nitrogens with one attached hydrogen (secondary N) is 1. The molecule has 1 N–H and O–H groups in total. The van der Waals surface area contributed by atoms with Gasteiger partial charge in [0, 0.05) is 30.3 Å². The summed E-state index contributed by atoms with van der Waals surface area (Å²) in [6.45, 7) is 2.78. The van der Waals surface area contributed by atoms with Gasteiger partial charge in [0.15, 0.2) is 5.16 Å². The van der Waals surface area contributed by atoms with Crippen LogP contribution in [0.2, 0.25) is 5.02 Å². The second-order valence-electron chi connectivity index (χ2n) is 6.89. The molecule has 0 atom stereocenters. The first-order valence-electron chi connectivity index (χ1n) is 9.58. The molecule has 3 aromatic rings. The van der Waals surface area contributed by atoms with Crippen molar-refractivity contribution >= 4 is 35.0 Å². The Morgan fingerprint density at radius 1 is 1.10 bits per heavy atom. The molecule has 1 aliphatic rings. The van der Waals surface area contributed by atoms with Crippen LogP contribution >= 0.6 is 23.4 Å². The van der Waals surface area contributed by atoms with E-state index >= 15 is 0 Å². The van der Waals surface area contributed by atoms with Gasteiger partial charge >= 0.3 is 0 Å². The minimum Gasteiger partial charge on any atom is -0.372 e. The van der Waals surface area contributed by atoms with Gasteiger partial charge in [-0.05, 0) is 48.7 Å². The van der Waals surface area contributed by atoms with E-state index in [4.69, 9.17) is 11.6 Å². The van der Waals surface area contributed by atoms with Crippen LogP contribution in [-0.2, 0) is 11.3 Å². The second-order valence-corrected chi connectivity index (χ2v) is 8.27. The van der Waals surface area contributed by atoms with Crippen LogP contribution in [0.3, 0.4) is 0 Å². The van der Waals surface area contributed by atoms with Crippen LogP contribution < -0.4 is 10.2 Å². The smallest absolute Gasteiger partial charge is 0.230 e. The van der Waals surface area contributed by atoms with E-state index in [-0.39, 0.29) is 11.7 Å². The van der Waals surface area contributed by atoms with E-state index in [1.54, 1.807) is 6.33 Å². The molecule has 0 bridgehead atoms. The Bertz CT molecular complexity index is 969. The molecule has 2 heterocycles. The summed E-state index contributed by atoms with van der Waals surface area (Å²) >= 11 is 7.40. The fourth-order valence-electron chi connectivity index (χ4n) is 3.31. The summed E-state index contributed by atoms with van der Waals surface area (Å²) in [6.07, 6.45) is 4.15. The molecule has 1 fully saturated rings. The van der Waals surface area contributed by atoms with E-state index in [0.717, 1.165) is 24.3 Å². The third kappa shape index (κ3) is 5.10. The zero-order valence-electron chi connectivity index (χ0n) is 15.9. The van der Waals surface area contributed by atoms with Gasteiger partial charge < -0.3 is 10.2 Å². The average molecular weight is 428 g/mol. The zero-order chi connectivity index (χ0) is 20.1. The quantitative estimate of drug-likeness (QED) is 0.579. The van der Waals surface area contributed by atoms with Crippen molar-refractivity contribution in [3.63, 3.8) is 0 Å². The van der Waals surface area contributed by atoms with Crippen molar-refractivity contribution < 1.29 is 4.79 Å². The molecular weight excluding hydrogens is 406 g/mol. The van der Waals surface area contributed by atoms with Crippen LogP contribution in [0.4, 0.5) is 5.69 Å². The molecule has 6 nitrogen and oxygen atoms in total. The number of rotatable bonds is 7. The van der Waals surface area contributed by atoms with Gasteiger partial charge in [-0.1, -0.05) is 41.6 Å². The summed E-state index contributed by atoms with van der Waals surface area (Å²) in [6, 6.07) is 15.9. The second kappa shape index (κ2) is 9.33. The Balaban J connectivity index is 1.28. The summed E-state index contributed by atoms with van der Waals surface area (Å²) in [7, 11) is 0. The highest BCUT2D eigenvalue weighted by atomic mass is 35.5. The molecule has 1 saturated heterocycles. The van der Waals surface area contributed by atoms with Crippen molar-refractivity contribution in [1.29, 1.82) is 0 Å². The molecule has 29 heavy (non-hydrogen) atoms. The Morgan fingerprint density at radius 3 is 2.66 bits per heavy atom. The third-order valence-electron chi connectivity index (χ3n) is 4.83. The van der Waals surface area contributed by atoms with Crippen molar-refractivity contribution in [3.8, 4) is 5.69 Å². The minimum atomic E-state index is -0.0423. The van der Waals surface area contributed by atoms with E-state index in [1.165, 1.54) is 30.3 Å². The van der Waals surface area contributed by atoms with E-state index in [1.807, 2.05) is 28.8 Å². The molecule has 0 spiro atoms. The maximum atomic E-state index is 12.3. The van der Waals surface area contributed by atoms with E-state index in [0.29, 0.717) is 16.7 Å². The van der Waals surface area contributed by atoms with E-state index in [9.17, 15) is 4.79 Å². The Hall–Kier alpha value is -2.51. The first-order valence-corrected chi connectivity index (χ1v) is 10.9. The molecule has 1 aliphatic heterocycles. The normalized spacial score (nSPS) is 13.6. The first kappa shape index (κ1) is 19.8. The first-order chi connectivity index (χ1) is 14.2. The van der Waals surface area contributed by atoms with Gasteiger partial charge in [-0.25, -0.2) is 0 Å². The molecule has 4 rings (SSSR count). The topological polar surface area (TPSA) is 63.1 Å². The van der Waals surface area contributed by atoms with Crippen LogP contribution in [0.25, 0.3) is 5.69 Å². The highest BCUT2D eigenvalue weighted by Crippen LogP contribution is 2.22. The third-order valence-corrected chi connectivity index (χ3v) is 6.01. The number of nitrogens with zero attached hydrogens (tertiary/aromatic N) is 4. The number of aromatic nitrogens is 3. The Labute approximate surface area is 179 Å². The molecule has 8 heteroatoms. The molecular formula is C21H22ClN5OS. The Kier molecular flexibility index (Phi) is 6.36. The highest BCUT2D eigenvalue weighted by molar-refractivity contribution is 7.99. The van der Waals surface area contributed by atoms with Crippen molar-refractivity contribution in [1.82, 2.24) is 20.1 Å². The number of halogens is 1. The lowest BCUT2D eigenvalue weighted by atomic mass is 10.2. The largest absolute Gasteiger partial charge is 0.372 e. The molecule has 0 saturated carbocycles. The van der Waals surface area contributed by atoms with Gasteiger partial charge in [0.1, 0.15) is 6.33 Å². The lowest BCUT2D eigenvalue weighted by Gasteiger charge is -2.17. The van der Waals surface area contributed by atoms with Crippen molar-refractivity contribution in [2.45, 2.75) is 24.5 Å². The molecule has 150 valence electrons. The number of benzene rings is 2. The number of hydrogen-bond acceptors (Lipinski definition) is 5. The number of thioether (sulfide) groups is 1. The van der Waals surface area contributed by atoms with Crippen LogP contribution in [0, 0.1) is 0 Å². The fourth-order valence-corrected chi connectivity index (χ4v) is 4.25. The molecule has 1 amide bonds. The average Bonchev–Trinajstić information content (AvgIpc) is 3.43. The minimum absolute atomic E-state index is 0.0423. The van der Waals surface area contributed by atoms with Crippen LogP contribution in [0.1, 0.15) is 18.4 Å². The molecule has 1 aromatic heterocycles. The van der Waals surface area contributed by atoms with E-state index in [2.05, 4.69) is 44.7 Å². The standard InChI is InChI=1S/C21H22ClN5OS/c22-17-4-3-5-19(12-17)27-15-24-25-21(27)29-14-20(28)23-13-16-6-8-18(9-7-16)26-10-1-2-11-26/h3-9,12,15H,1-2,10-11,13-14H2,(H,23,28). The predicted molar refractivity (Wildman–Crippen MR) is 117 cm³/mol.